The van der Waals surface area contributed by atoms with Crippen LogP contribution in [0.4, 0.5) is 0 Å². The summed E-state index contributed by atoms with van der Waals surface area (Å²) in [6.45, 7) is 3.91. The van der Waals surface area contributed by atoms with Crippen LogP contribution in [0.5, 0.6) is 0 Å². The second-order valence-corrected chi connectivity index (χ2v) is 7.12. The molecule has 2 aliphatic heterocycles. The fraction of sp³-hybridized carbons (Fsp3) is 0.818. The quantitative estimate of drug-likeness (QED) is 0.581. The fourth-order valence-corrected chi connectivity index (χ4v) is 3.97. The Kier molecular flexibility index (Phi) is 3.63. The smallest absolute Gasteiger partial charge is 0.360 e. The summed E-state index contributed by atoms with van der Waals surface area (Å²) in [7, 11) is 0. The molecule has 0 amide bonds. The number of rotatable bonds is 4. The molecule has 0 atom stereocenters. The van der Waals surface area contributed by atoms with Gasteiger partial charge in [-0.3, -0.25) is 9.59 Å². The Balaban J connectivity index is 2.21. The molecule has 0 unspecified atom stereocenters. The van der Waals surface area contributed by atoms with E-state index in [4.69, 9.17) is 9.47 Å². The van der Waals surface area contributed by atoms with Crippen LogP contribution in [0.25, 0.3) is 0 Å². The first kappa shape index (κ1) is 13.1. The summed E-state index contributed by atoms with van der Waals surface area (Å²) in [6.07, 6.45) is 2.53. The van der Waals surface area contributed by atoms with E-state index >= 15 is 0 Å². The number of carbonyl (C=O) groups excluding carboxylic acids is 2. The van der Waals surface area contributed by atoms with E-state index in [0.29, 0.717) is 12.8 Å². The minimum atomic E-state index is -1.07. The Hall–Kier alpha value is -0.360. The predicted octanol–water partition coefficient (Wildman–Crippen LogP) is 2.72. The van der Waals surface area contributed by atoms with Crippen LogP contribution < -0.4 is 0 Å². The second kappa shape index (κ2) is 4.72. The maximum absolute atomic E-state index is 12.2. The van der Waals surface area contributed by atoms with Crippen LogP contribution in [-0.4, -0.2) is 21.5 Å². The van der Waals surface area contributed by atoms with Crippen LogP contribution in [0.2, 0.25) is 0 Å². The lowest BCUT2D eigenvalue weighted by molar-refractivity contribution is -0.216. The highest BCUT2D eigenvalue weighted by Gasteiger charge is 2.61. The van der Waals surface area contributed by atoms with Gasteiger partial charge in [-0.05, 0) is 36.4 Å². The summed E-state index contributed by atoms with van der Waals surface area (Å²) in [4.78, 5) is 24.3. The Morgan fingerprint density at radius 3 is 1.82 bits per heavy atom. The van der Waals surface area contributed by atoms with Gasteiger partial charge in [-0.1, -0.05) is 26.7 Å². The molecule has 17 heavy (non-hydrogen) atoms. The van der Waals surface area contributed by atoms with E-state index in [1.165, 1.54) is 23.5 Å². The molecule has 0 radical (unpaired) electrons. The Morgan fingerprint density at radius 2 is 1.53 bits per heavy atom. The van der Waals surface area contributed by atoms with Gasteiger partial charge in [-0.2, -0.15) is 0 Å². The van der Waals surface area contributed by atoms with Crippen LogP contribution in [0.1, 0.15) is 39.5 Å². The highest BCUT2D eigenvalue weighted by Crippen LogP contribution is 2.56. The van der Waals surface area contributed by atoms with Crippen molar-refractivity contribution in [2.45, 2.75) is 44.0 Å². The molecule has 6 heteroatoms. The topological polar surface area (TPSA) is 52.6 Å². The molecule has 0 aliphatic carbocycles. The Labute approximate surface area is 109 Å². The molecule has 0 bridgehead atoms. The zero-order valence-electron chi connectivity index (χ0n) is 9.99. The highest BCUT2D eigenvalue weighted by molar-refractivity contribution is 8.33. The summed E-state index contributed by atoms with van der Waals surface area (Å²) in [6, 6.07) is 0. The normalized spacial score (nSPS) is 25.1. The van der Waals surface area contributed by atoms with E-state index < -0.39 is 21.8 Å². The monoisotopic (exact) mass is 276 g/mol. The lowest BCUT2D eigenvalue weighted by Gasteiger charge is -2.45. The number of hydrogen-bond acceptors (Lipinski definition) is 6. The molecular weight excluding hydrogens is 260 g/mol. The number of hydrogen-bond donors (Lipinski definition) is 0. The SMILES string of the molecule is CCCC1(CCC)C(=O)OC2(OC1=O)SCS2. The van der Waals surface area contributed by atoms with Gasteiger partial charge in [0.05, 0.1) is 5.08 Å². The second-order valence-electron chi connectivity index (χ2n) is 4.27. The summed E-state index contributed by atoms with van der Waals surface area (Å²) in [5.41, 5.74) is -1.06. The standard InChI is InChI=1S/C11H16O4S2/c1-3-5-10(6-4-2)8(12)14-11(15-9(10)13)16-7-17-11/h3-7H2,1-2H3. The first-order chi connectivity index (χ1) is 8.08. The van der Waals surface area contributed by atoms with Gasteiger partial charge in [0.15, 0.2) is 5.41 Å². The molecule has 1 spiro atoms. The van der Waals surface area contributed by atoms with Crippen LogP contribution in [0.15, 0.2) is 0 Å². The molecule has 0 aromatic carbocycles. The molecule has 96 valence electrons. The van der Waals surface area contributed by atoms with Crippen LogP contribution >= 0.6 is 23.5 Å². The number of ether oxygens (including phenoxy) is 2. The van der Waals surface area contributed by atoms with Crippen molar-refractivity contribution in [2.24, 2.45) is 5.41 Å². The molecule has 0 saturated carbocycles. The van der Waals surface area contributed by atoms with Crippen molar-refractivity contribution < 1.29 is 19.1 Å². The summed E-state index contributed by atoms with van der Waals surface area (Å²) in [5, 5.41) is 0.787. The lowest BCUT2D eigenvalue weighted by Crippen LogP contribution is -2.55. The number of carbonyl (C=O) groups is 2. The van der Waals surface area contributed by atoms with Gasteiger partial charge in [0.1, 0.15) is 0 Å². The fourth-order valence-electron chi connectivity index (χ4n) is 2.19. The maximum Gasteiger partial charge on any atom is 0.360 e. The Bertz CT molecular complexity index is 310. The highest BCUT2D eigenvalue weighted by atomic mass is 32.3. The summed E-state index contributed by atoms with van der Waals surface area (Å²) >= 11 is 2.70. The molecule has 0 aromatic rings. The molecule has 0 aromatic heterocycles. The van der Waals surface area contributed by atoms with Crippen molar-refractivity contribution in [1.82, 2.24) is 0 Å². The molecule has 2 rings (SSSR count). The van der Waals surface area contributed by atoms with Crippen molar-refractivity contribution in [3.05, 3.63) is 0 Å². The van der Waals surface area contributed by atoms with Gasteiger partial charge in [0.2, 0.25) is 0 Å². The molecule has 2 heterocycles. The van der Waals surface area contributed by atoms with Gasteiger partial charge in [-0.15, -0.1) is 0 Å². The predicted molar refractivity (Wildman–Crippen MR) is 67.2 cm³/mol. The zero-order valence-corrected chi connectivity index (χ0v) is 11.6. The van der Waals surface area contributed by atoms with Crippen LogP contribution in [0.3, 0.4) is 0 Å². The van der Waals surface area contributed by atoms with Crippen molar-refractivity contribution in [2.75, 3.05) is 5.08 Å². The minimum Gasteiger partial charge on any atom is -0.403 e. The van der Waals surface area contributed by atoms with Gasteiger partial charge in [0.25, 0.3) is 0 Å². The van der Waals surface area contributed by atoms with Crippen molar-refractivity contribution in [3.8, 4) is 0 Å². The molecule has 2 saturated heterocycles. The van der Waals surface area contributed by atoms with E-state index in [-0.39, 0.29) is 0 Å². The van der Waals surface area contributed by atoms with E-state index in [1.807, 2.05) is 13.8 Å². The molecule has 2 fully saturated rings. The largest absolute Gasteiger partial charge is 0.403 e. The third-order valence-electron chi connectivity index (χ3n) is 3.04. The molecule has 0 N–H and O–H groups in total. The van der Waals surface area contributed by atoms with Gasteiger partial charge in [0, 0.05) is 0 Å². The molecular formula is C11H16O4S2. The average Bonchev–Trinajstić information content (AvgIpc) is 2.23. The average molecular weight is 276 g/mol. The molecule has 4 nitrogen and oxygen atoms in total. The molecule has 2 aliphatic rings. The van der Waals surface area contributed by atoms with Crippen molar-refractivity contribution >= 4 is 35.5 Å². The van der Waals surface area contributed by atoms with E-state index in [2.05, 4.69) is 0 Å². The first-order valence-corrected chi connectivity index (χ1v) is 7.80. The van der Waals surface area contributed by atoms with Crippen LogP contribution in [-0.2, 0) is 19.1 Å². The van der Waals surface area contributed by atoms with Crippen LogP contribution in [0, 0.1) is 5.41 Å². The number of thioether (sulfide) groups is 2. The van der Waals surface area contributed by atoms with Gasteiger partial charge < -0.3 is 9.47 Å². The lowest BCUT2D eigenvalue weighted by atomic mass is 9.79. The maximum atomic E-state index is 12.2. The van der Waals surface area contributed by atoms with E-state index in [9.17, 15) is 9.59 Å². The minimum absolute atomic E-state index is 0.405. The zero-order chi connectivity index (χ0) is 12.5. The summed E-state index contributed by atoms with van der Waals surface area (Å²) < 4.78 is 9.62. The number of esters is 2. The van der Waals surface area contributed by atoms with E-state index in [0.717, 1.165) is 17.9 Å². The third-order valence-corrected chi connectivity index (χ3v) is 5.73. The van der Waals surface area contributed by atoms with E-state index in [1.54, 1.807) is 0 Å². The van der Waals surface area contributed by atoms with Crippen molar-refractivity contribution in [1.29, 1.82) is 0 Å². The first-order valence-electron chi connectivity index (χ1n) is 5.83. The van der Waals surface area contributed by atoms with Gasteiger partial charge >= 0.3 is 16.4 Å². The third kappa shape index (κ3) is 2.05. The van der Waals surface area contributed by atoms with Gasteiger partial charge in [-0.25, -0.2) is 0 Å². The Morgan fingerprint density at radius 1 is 1.06 bits per heavy atom. The van der Waals surface area contributed by atoms with Crippen molar-refractivity contribution in [3.63, 3.8) is 0 Å². The summed E-state index contributed by atoms with van der Waals surface area (Å²) in [5.74, 6) is -0.811.